The number of likely N-dealkylation sites (tertiary alicyclic amines) is 1. The standard InChI is InChI=1S/C25H30N6O3S/c1-16(2)31-24(26-15-27-31)21-14-30-11-12-33-22-6-5-19(13-20(22)23(30)28-21)35-18-7-9-29(10-8-18)25(32)34-17(3)4/h5-6,13-16,18H,3,7-12H2,1-2,4H3. The van der Waals surface area contributed by atoms with Gasteiger partial charge in [0.25, 0.3) is 0 Å². The Hall–Kier alpha value is -3.27. The second-order valence-electron chi connectivity index (χ2n) is 9.15. The van der Waals surface area contributed by atoms with Crippen molar-refractivity contribution in [1.82, 2.24) is 29.2 Å². The van der Waals surface area contributed by atoms with Crippen LogP contribution < -0.4 is 4.74 Å². The Morgan fingerprint density at radius 2 is 2.03 bits per heavy atom. The Kier molecular flexibility index (Phi) is 6.55. The van der Waals surface area contributed by atoms with E-state index in [-0.39, 0.29) is 12.1 Å². The fourth-order valence-corrected chi connectivity index (χ4v) is 5.58. The summed E-state index contributed by atoms with van der Waals surface area (Å²) < 4.78 is 15.2. The molecule has 0 bridgehead atoms. The number of thioether (sulfide) groups is 1. The summed E-state index contributed by atoms with van der Waals surface area (Å²) in [7, 11) is 0. The third-order valence-corrected chi connectivity index (χ3v) is 7.44. The average Bonchev–Trinajstić information content (AvgIpc) is 3.44. The number of nitrogens with zero attached hydrogens (tertiary/aromatic N) is 6. The number of carbonyl (C=O) groups is 1. The van der Waals surface area contributed by atoms with E-state index in [0.29, 0.717) is 37.3 Å². The van der Waals surface area contributed by atoms with E-state index in [1.54, 1.807) is 18.2 Å². The predicted molar refractivity (Wildman–Crippen MR) is 134 cm³/mol. The van der Waals surface area contributed by atoms with Gasteiger partial charge < -0.3 is 18.9 Å². The first kappa shape index (κ1) is 23.5. The van der Waals surface area contributed by atoms with Crippen LogP contribution in [0.2, 0.25) is 0 Å². The van der Waals surface area contributed by atoms with Crippen LogP contribution >= 0.6 is 11.8 Å². The largest absolute Gasteiger partial charge is 0.491 e. The molecule has 2 aromatic heterocycles. The minimum Gasteiger partial charge on any atom is -0.491 e. The van der Waals surface area contributed by atoms with Crippen molar-refractivity contribution in [2.45, 2.75) is 56.3 Å². The molecule has 1 saturated heterocycles. The van der Waals surface area contributed by atoms with E-state index in [1.165, 1.54) is 4.90 Å². The molecule has 1 fully saturated rings. The number of hydrogen-bond acceptors (Lipinski definition) is 7. The summed E-state index contributed by atoms with van der Waals surface area (Å²) in [5, 5.41) is 4.79. The first-order valence-corrected chi connectivity index (χ1v) is 12.8. The maximum atomic E-state index is 12.1. The van der Waals surface area contributed by atoms with Crippen LogP contribution in [0.15, 0.2) is 48.0 Å². The fraction of sp³-hybridized carbons (Fsp3) is 0.440. The summed E-state index contributed by atoms with van der Waals surface area (Å²) in [5.41, 5.74) is 1.79. The van der Waals surface area contributed by atoms with Gasteiger partial charge in [-0.3, -0.25) is 0 Å². The number of hydrogen-bond donors (Lipinski definition) is 0. The smallest absolute Gasteiger partial charge is 0.414 e. The second-order valence-corrected chi connectivity index (χ2v) is 10.5. The third-order valence-electron chi connectivity index (χ3n) is 6.11. The maximum absolute atomic E-state index is 12.1. The number of imidazole rings is 1. The van der Waals surface area contributed by atoms with Crippen molar-refractivity contribution in [2.75, 3.05) is 19.7 Å². The summed E-state index contributed by atoms with van der Waals surface area (Å²) in [4.78, 5) is 24.5. The van der Waals surface area contributed by atoms with Crippen LogP contribution in [0.25, 0.3) is 22.9 Å². The Balaban J connectivity index is 1.35. The molecule has 2 aliphatic heterocycles. The van der Waals surface area contributed by atoms with Crippen LogP contribution in [0, 0.1) is 0 Å². The lowest BCUT2D eigenvalue weighted by Gasteiger charge is -2.31. The Morgan fingerprint density at radius 1 is 1.23 bits per heavy atom. The van der Waals surface area contributed by atoms with Gasteiger partial charge in [0.05, 0.1) is 17.9 Å². The van der Waals surface area contributed by atoms with Crippen molar-refractivity contribution in [2.24, 2.45) is 0 Å². The van der Waals surface area contributed by atoms with Crippen molar-refractivity contribution in [3.63, 3.8) is 0 Å². The molecule has 3 aromatic rings. The molecule has 35 heavy (non-hydrogen) atoms. The number of carbonyl (C=O) groups excluding carboxylic acids is 1. The van der Waals surface area contributed by atoms with Gasteiger partial charge in [0.2, 0.25) is 0 Å². The highest BCUT2D eigenvalue weighted by atomic mass is 32.2. The molecular weight excluding hydrogens is 464 g/mol. The molecule has 4 heterocycles. The van der Waals surface area contributed by atoms with Gasteiger partial charge >= 0.3 is 6.09 Å². The number of aromatic nitrogens is 5. The summed E-state index contributed by atoms with van der Waals surface area (Å²) in [6.45, 7) is 12.2. The number of allylic oxidation sites excluding steroid dienone is 1. The molecule has 0 radical (unpaired) electrons. The molecule has 9 nitrogen and oxygen atoms in total. The molecule has 1 aromatic carbocycles. The molecule has 10 heteroatoms. The highest BCUT2D eigenvalue weighted by Crippen LogP contribution is 2.39. The van der Waals surface area contributed by atoms with Crippen molar-refractivity contribution in [3.05, 3.63) is 43.1 Å². The SMILES string of the molecule is C=C(C)OC(=O)N1CCC(Sc2ccc3c(c2)-c2nc(-c4ncnn4C(C)C)cn2CCO3)CC1. The zero-order chi connectivity index (χ0) is 24.5. The molecule has 5 rings (SSSR count). The highest BCUT2D eigenvalue weighted by Gasteiger charge is 2.26. The summed E-state index contributed by atoms with van der Waals surface area (Å²) >= 11 is 1.84. The van der Waals surface area contributed by atoms with E-state index in [0.717, 1.165) is 41.5 Å². The zero-order valence-electron chi connectivity index (χ0n) is 20.3. The van der Waals surface area contributed by atoms with Gasteiger partial charge in [0.15, 0.2) is 5.82 Å². The van der Waals surface area contributed by atoms with Crippen molar-refractivity contribution in [1.29, 1.82) is 0 Å². The predicted octanol–water partition coefficient (Wildman–Crippen LogP) is 5.01. The normalized spacial score (nSPS) is 15.8. The lowest BCUT2D eigenvalue weighted by molar-refractivity contribution is 0.121. The topological polar surface area (TPSA) is 87.3 Å². The van der Waals surface area contributed by atoms with Crippen molar-refractivity contribution in [3.8, 4) is 28.7 Å². The van der Waals surface area contributed by atoms with E-state index < -0.39 is 0 Å². The summed E-state index contributed by atoms with van der Waals surface area (Å²) in [6, 6.07) is 6.52. The highest BCUT2D eigenvalue weighted by molar-refractivity contribution is 8.00. The van der Waals surface area contributed by atoms with Crippen LogP contribution in [0.4, 0.5) is 4.79 Å². The van der Waals surface area contributed by atoms with E-state index in [1.807, 2.05) is 28.7 Å². The number of piperidine rings is 1. The van der Waals surface area contributed by atoms with Gasteiger partial charge in [-0.2, -0.15) is 5.10 Å². The second kappa shape index (κ2) is 9.77. The lowest BCUT2D eigenvalue weighted by Crippen LogP contribution is -2.39. The molecule has 0 saturated carbocycles. The zero-order valence-corrected chi connectivity index (χ0v) is 21.1. The molecule has 0 unspecified atom stereocenters. The Morgan fingerprint density at radius 3 is 2.77 bits per heavy atom. The Bertz CT molecular complexity index is 1240. The van der Waals surface area contributed by atoms with Gasteiger partial charge in [0.1, 0.15) is 30.2 Å². The number of amides is 1. The number of rotatable bonds is 5. The molecule has 0 spiro atoms. The fourth-order valence-electron chi connectivity index (χ4n) is 4.42. The number of ether oxygens (including phenoxy) is 2. The molecule has 1 amide bonds. The summed E-state index contributed by atoms with van der Waals surface area (Å²) in [6.07, 6.45) is 5.13. The maximum Gasteiger partial charge on any atom is 0.414 e. The van der Waals surface area contributed by atoms with Gasteiger partial charge in [0, 0.05) is 35.5 Å². The van der Waals surface area contributed by atoms with Crippen molar-refractivity contribution < 1.29 is 14.3 Å². The molecule has 2 aliphatic rings. The first-order chi connectivity index (χ1) is 16.9. The van der Waals surface area contributed by atoms with E-state index in [9.17, 15) is 4.79 Å². The van der Waals surface area contributed by atoms with Crippen LogP contribution in [-0.2, 0) is 11.3 Å². The molecule has 184 valence electrons. The monoisotopic (exact) mass is 494 g/mol. The van der Waals surface area contributed by atoms with E-state index in [4.69, 9.17) is 14.5 Å². The van der Waals surface area contributed by atoms with E-state index in [2.05, 4.69) is 47.2 Å². The molecule has 0 aliphatic carbocycles. The Labute approximate surface area is 209 Å². The first-order valence-electron chi connectivity index (χ1n) is 11.9. The van der Waals surface area contributed by atoms with Crippen LogP contribution in [0.5, 0.6) is 5.75 Å². The van der Waals surface area contributed by atoms with Crippen LogP contribution in [0.1, 0.15) is 39.7 Å². The third kappa shape index (κ3) is 4.93. The van der Waals surface area contributed by atoms with Crippen molar-refractivity contribution >= 4 is 17.9 Å². The van der Waals surface area contributed by atoms with Gasteiger partial charge in [-0.25, -0.2) is 19.4 Å². The van der Waals surface area contributed by atoms with Gasteiger partial charge in [-0.1, -0.05) is 6.58 Å². The van der Waals surface area contributed by atoms with E-state index >= 15 is 0 Å². The number of benzene rings is 1. The van der Waals surface area contributed by atoms with Crippen LogP contribution in [0.3, 0.4) is 0 Å². The average molecular weight is 495 g/mol. The molecule has 0 atom stereocenters. The van der Waals surface area contributed by atoms with Gasteiger partial charge in [-0.05, 0) is 51.8 Å². The molecule has 0 N–H and O–H groups in total. The van der Waals surface area contributed by atoms with Crippen LogP contribution in [-0.4, -0.2) is 60.3 Å². The molecular formula is C25H30N6O3S. The lowest BCUT2D eigenvalue weighted by atomic mass is 10.1. The van der Waals surface area contributed by atoms with Gasteiger partial charge in [-0.15, -0.1) is 11.8 Å². The quantitative estimate of drug-likeness (QED) is 0.461. The summed E-state index contributed by atoms with van der Waals surface area (Å²) in [5.74, 6) is 2.91. The minimum absolute atomic E-state index is 0.196. The number of fused-ring (bicyclic) bond motifs is 3. The minimum atomic E-state index is -0.306.